The van der Waals surface area contributed by atoms with Gasteiger partial charge in [-0.15, -0.1) is 0 Å². The van der Waals surface area contributed by atoms with E-state index < -0.39 is 0 Å². The van der Waals surface area contributed by atoms with Crippen LogP contribution in [0.3, 0.4) is 0 Å². The minimum atomic E-state index is 0.0209. The predicted molar refractivity (Wildman–Crippen MR) is 62.2 cm³/mol. The average Bonchev–Trinajstić information content (AvgIpc) is 2.22. The summed E-state index contributed by atoms with van der Waals surface area (Å²) >= 11 is 0. The van der Waals surface area contributed by atoms with Crippen LogP contribution in [0.2, 0.25) is 0 Å². The Morgan fingerprint density at radius 2 is 1.75 bits per heavy atom. The first-order valence-electron chi connectivity index (χ1n) is 6.50. The summed E-state index contributed by atoms with van der Waals surface area (Å²) in [6.45, 7) is 8.50. The fraction of sp³-hybridized carbons (Fsp3) is 1.00. The van der Waals surface area contributed by atoms with E-state index >= 15 is 0 Å². The molecule has 2 saturated heterocycles. The van der Waals surface area contributed by atoms with Crippen molar-refractivity contribution in [1.29, 1.82) is 0 Å². The SMILES string of the molecule is CC1(C)CC2(C1)NCC1(CCOCC1)CO2. The molecule has 0 radical (unpaired) electrons. The Morgan fingerprint density at radius 1 is 1.06 bits per heavy atom. The first-order valence-corrected chi connectivity index (χ1v) is 6.50. The Kier molecular flexibility index (Phi) is 2.36. The molecular formula is C13H23NO2. The van der Waals surface area contributed by atoms with Gasteiger partial charge in [0.05, 0.1) is 6.61 Å². The molecule has 0 atom stereocenters. The van der Waals surface area contributed by atoms with E-state index in [9.17, 15) is 0 Å². The van der Waals surface area contributed by atoms with Gasteiger partial charge in [-0.1, -0.05) is 13.8 Å². The number of ether oxygens (including phenoxy) is 2. The fourth-order valence-electron chi connectivity index (χ4n) is 3.59. The van der Waals surface area contributed by atoms with Gasteiger partial charge in [-0.05, 0) is 31.1 Å². The van der Waals surface area contributed by atoms with Gasteiger partial charge in [-0.2, -0.15) is 0 Å². The van der Waals surface area contributed by atoms with E-state index in [1.165, 1.54) is 0 Å². The van der Waals surface area contributed by atoms with Crippen molar-refractivity contribution in [3.8, 4) is 0 Å². The minimum Gasteiger partial charge on any atom is -0.381 e. The van der Waals surface area contributed by atoms with E-state index in [0.29, 0.717) is 10.8 Å². The number of hydrogen-bond acceptors (Lipinski definition) is 3. The summed E-state index contributed by atoms with van der Waals surface area (Å²) in [7, 11) is 0. The van der Waals surface area contributed by atoms with Crippen LogP contribution in [0.5, 0.6) is 0 Å². The van der Waals surface area contributed by atoms with Crippen LogP contribution in [0.15, 0.2) is 0 Å². The van der Waals surface area contributed by atoms with Crippen LogP contribution < -0.4 is 5.32 Å². The van der Waals surface area contributed by atoms with E-state index in [1.54, 1.807) is 0 Å². The highest BCUT2D eigenvalue weighted by Crippen LogP contribution is 2.51. The van der Waals surface area contributed by atoms with Gasteiger partial charge in [0.2, 0.25) is 0 Å². The van der Waals surface area contributed by atoms with Crippen molar-refractivity contribution in [2.45, 2.75) is 45.3 Å². The van der Waals surface area contributed by atoms with Crippen LogP contribution in [0.25, 0.3) is 0 Å². The summed E-state index contributed by atoms with van der Waals surface area (Å²) in [4.78, 5) is 0. The molecule has 0 aromatic carbocycles. The molecule has 2 spiro atoms. The van der Waals surface area contributed by atoms with Crippen molar-refractivity contribution in [3.05, 3.63) is 0 Å². The number of rotatable bonds is 0. The van der Waals surface area contributed by atoms with Gasteiger partial charge in [0.25, 0.3) is 0 Å². The van der Waals surface area contributed by atoms with Crippen molar-refractivity contribution in [2.75, 3.05) is 26.4 Å². The van der Waals surface area contributed by atoms with E-state index in [2.05, 4.69) is 19.2 Å². The van der Waals surface area contributed by atoms with Gasteiger partial charge in [0, 0.05) is 25.2 Å². The molecule has 0 amide bonds. The summed E-state index contributed by atoms with van der Waals surface area (Å²) in [6, 6.07) is 0. The maximum absolute atomic E-state index is 6.16. The lowest BCUT2D eigenvalue weighted by molar-refractivity contribution is -0.233. The van der Waals surface area contributed by atoms with Gasteiger partial charge in [-0.3, -0.25) is 5.32 Å². The predicted octanol–water partition coefficient (Wildman–Crippen LogP) is 1.92. The maximum Gasteiger partial charge on any atom is 0.120 e. The highest BCUT2D eigenvalue weighted by Gasteiger charge is 2.54. The van der Waals surface area contributed by atoms with Gasteiger partial charge in [-0.25, -0.2) is 0 Å². The molecule has 0 aromatic heterocycles. The molecule has 3 heteroatoms. The molecule has 3 fully saturated rings. The molecule has 1 N–H and O–H groups in total. The third kappa shape index (κ3) is 1.79. The molecule has 0 aromatic rings. The Morgan fingerprint density at radius 3 is 2.25 bits per heavy atom. The largest absolute Gasteiger partial charge is 0.381 e. The zero-order valence-corrected chi connectivity index (χ0v) is 10.5. The second-order valence-corrected chi connectivity index (χ2v) is 6.77. The quantitative estimate of drug-likeness (QED) is 0.683. The molecule has 3 nitrogen and oxygen atoms in total. The molecule has 16 heavy (non-hydrogen) atoms. The summed E-state index contributed by atoms with van der Waals surface area (Å²) in [5.41, 5.74) is 0.851. The molecular weight excluding hydrogens is 202 g/mol. The van der Waals surface area contributed by atoms with Crippen LogP contribution >= 0.6 is 0 Å². The van der Waals surface area contributed by atoms with Crippen LogP contribution in [0, 0.1) is 10.8 Å². The highest BCUT2D eigenvalue weighted by atomic mass is 16.5. The van der Waals surface area contributed by atoms with Gasteiger partial charge in [0.1, 0.15) is 5.72 Å². The fourth-order valence-corrected chi connectivity index (χ4v) is 3.59. The molecule has 1 aliphatic carbocycles. The van der Waals surface area contributed by atoms with Crippen molar-refractivity contribution in [1.82, 2.24) is 5.32 Å². The van der Waals surface area contributed by atoms with Crippen LogP contribution in [-0.2, 0) is 9.47 Å². The van der Waals surface area contributed by atoms with Crippen LogP contribution in [0.1, 0.15) is 39.5 Å². The second kappa shape index (κ2) is 3.44. The average molecular weight is 225 g/mol. The first-order chi connectivity index (χ1) is 7.54. The molecule has 0 unspecified atom stereocenters. The number of nitrogens with one attached hydrogen (secondary N) is 1. The lowest BCUT2D eigenvalue weighted by Gasteiger charge is -2.58. The van der Waals surface area contributed by atoms with E-state index in [0.717, 1.165) is 52.0 Å². The summed E-state index contributed by atoms with van der Waals surface area (Å²) in [5.74, 6) is 0. The number of hydrogen-bond donors (Lipinski definition) is 1. The first kappa shape index (κ1) is 11.0. The summed E-state index contributed by atoms with van der Waals surface area (Å²) in [5, 5.41) is 3.67. The Balaban J connectivity index is 1.60. The monoisotopic (exact) mass is 225 g/mol. The molecule has 2 heterocycles. The molecule has 3 rings (SSSR count). The molecule has 1 saturated carbocycles. The zero-order chi connectivity index (χ0) is 11.3. The Labute approximate surface area is 97.9 Å². The summed E-state index contributed by atoms with van der Waals surface area (Å²) < 4.78 is 11.6. The highest BCUT2D eigenvalue weighted by molar-refractivity contribution is 5.03. The third-order valence-corrected chi connectivity index (χ3v) is 4.52. The Hall–Kier alpha value is -0.120. The van der Waals surface area contributed by atoms with Crippen LogP contribution in [0.4, 0.5) is 0 Å². The summed E-state index contributed by atoms with van der Waals surface area (Å²) in [6.07, 6.45) is 4.62. The minimum absolute atomic E-state index is 0.0209. The lowest BCUT2D eigenvalue weighted by Crippen LogP contribution is -2.67. The molecule has 92 valence electrons. The molecule has 0 bridgehead atoms. The van der Waals surface area contributed by atoms with Crippen molar-refractivity contribution >= 4 is 0 Å². The second-order valence-electron chi connectivity index (χ2n) is 6.77. The standard InChI is InChI=1S/C13H23NO2/c1-11(2)7-13(8-11)14-9-12(10-16-13)3-5-15-6-4-12/h14H,3-10H2,1-2H3. The maximum atomic E-state index is 6.16. The van der Waals surface area contributed by atoms with Gasteiger partial charge < -0.3 is 9.47 Å². The third-order valence-electron chi connectivity index (χ3n) is 4.52. The normalized spacial score (nSPS) is 34.9. The topological polar surface area (TPSA) is 30.5 Å². The molecule has 3 aliphatic rings. The molecule has 2 aliphatic heterocycles. The van der Waals surface area contributed by atoms with Crippen LogP contribution in [-0.4, -0.2) is 32.1 Å². The van der Waals surface area contributed by atoms with E-state index in [4.69, 9.17) is 9.47 Å². The Bertz CT molecular complexity index is 262. The zero-order valence-electron chi connectivity index (χ0n) is 10.5. The smallest absolute Gasteiger partial charge is 0.120 e. The van der Waals surface area contributed by atoms with E-state index in [-0.39, 0.29) is 5.72 Å². The van der Waals surface area contributed by atoms with Gasteiger partial charge in [0.15, 0.2) is 0 Å². The van der Waals surface area contributed by atoms with Gasteiger partial charge >= 0.3 is 0 Å². The lowest BCUT2D eigenvalue weighted by atomic mass is 9.64. The van der Waals surface area contributed by atoms with Crippen molar-refractivity contribution in [2.24, 2.45) is 10.8 Å². The van der Waals surface area contributed by atoms with Crippen molar-refractivity contribution in [3.63, 3.8) is 0 Å². The van der Waals surface area contributed by atoms with Crippen molar-refractivity contribution < 1.29 is 9.47 Å². The van der Waals surface area contributed by atoms with E-state index in [1.807, 2.05) is 0 Å².